The molecule has 0 bridgehead atoms. The molecule has 0 atom stereocenters. The second kappa shape index (κ2) is 11.8. The van der Waals surface area contributed by atoms with E-state index in [0.717, 1.165) is 12.1 Å². The summed E-state index contributed by atoms with van der Waals surface area (Å²) in [5.41, 5.74) is 2.28. The highest BCUT2D eigenvalue weighted by molar-refractivity contribution is 9.10. The van der Waals surface area contributed by atoms with Gasteiger partial charge in [0.25, 0.3) is 5.91 Å². The van der Waals surface area contributed by atoms with Crippen LogP contribution in [-0.2, 0) is 6.18 Å². The standard InChI is InChI=1S/C30H17BrClF4N3O3/c31-19-11-12-24(42-29(41)16-5-3-6-18(13-16)30(34,35)36)17(14-19)15-37-39-28(40)27-25(20-7-1-2-9-22(20)32)21-8-4-10-23(33)26(21)38-27/h1-15,38H,(H,39,40). The zero-order valence-electron chi connectivity index (χ0n) is 21.1. The van der Waals surface area contributed by atoms with Gasteiger partial charge in [0, 0.05) is 31.6 Å². The molecule has 4 aromatic carbocycles. The average Bonchev–Trinajstić information content (AvgIpc) is 3.35. The van der Waals surface area contributed by atoms with Crippen LogP contribution in [0.2, 0.25) is 5.02 Å². The molecule has 0 aliphatic heterocycles. The van der Waals surface area contributed by atoms with Crippen molar-refractivity contribution in [2.75, 3.05) is 0 Å². The van der Waals surface area contributed by atoms with Crippen LogP contribution in [0.5, 0.6) is 5.75 Å². The quantitative estimate of drug-likeness (QED) is 0.0632. The van der Waals surface area contributed by atoms with Crippen molar-refractivity contribution >= 4 is 56.5 Å². The van der Waals surface area contributed by atoms with Gasteiger partial charge < -0.3 is 9.72 Å². The van der Waals surface area contributed by atoms with Crippen LogP contribution in [0.1, 0.15) is 32.0 Å². The van der Waals surface area contributed by atoms with Crippen LogP contribution >= 0.6 is 27.5 Å². The number of alkyl halides is 3. The van der Waals surface area contributed by atoms with E-state index >= 15 is 0 Å². The second-order valence-corrected chi connectivity index (χ2v) is 10.2. The summed E-state index contributed by atoms with van der Waals surface area (Å²) >= 11 is 9.69. The molecule has 0 saturated heterocycles. The zero-order chi connectivity index (χ0) is 30.0. The predicted octanol–water partition coefficient (Wildman–Crippen LogP) is 8.39. The molecule has 0 radical (unpaired) electrons. The number of aromatic nitrogens is 1. The largest absolute Gasteiger partial charge is 0.422 e. The molecule has 5 aromatic rings. The van der Waals surface area contributed by atoms with E-state index in [1.165, 1.54) is 36.5 Å². The highest BCUT2D eigenvalue weighted by Crippen LogP contribution is 2.37. The van der Waals surface area contributed by atoms with Crippen LogP contribution in [0, 0.1) is 5.82 Å². The Bertz CT molecular complexity index is 1870. The summed E-state index contributed by atoms with van der Waals surface area (Å²) in [5, 5.41) is 4.75. The minimum atomic E-state index is -4.63. The number of amides is 1. The molecular formula is C30H17BrClF4N3O3. The van der Waals surface area contributed by atoms with Crippen molar-refractivity contribution in [2.45, 2.75) is 6.18 Å². The van der Waals surface area contributed by atoms with E-state index in [4.69, 9.17) is 16.3 Å². The summed E-state index contributed by atoms with van der Waals surface area (Å²) in [5.74, 6) is -2.33. The van der Waals surface area contributed by atoms with Crippen LogP contribution in [0.15, 0.2) is 94.5 Å². The SMILES string of the molecule is O=C(Oc1ccc(Br)cc1C=NNC(=O)c1[nH]c2c(F)cccc2c1-c1ccccc1Cl)c1cccc(C(F)(F)F)c1. The summed E-state index contributed by atoms with van der Waals surface area (Å²) < 4.78 is 59.7. The lowest BCUT2D eigenvalue weighted by Gasteiger charge is -2.10. The van der Waals surface area contributed by atoms with Gasteiger partial charge in [0.2, 0.25) is 0 Å². The maximum atomic E-state index is 14.6. The molecule has 0 unspecified atom stereocenters. The van der Waals surface area contributed by atoms with E-state index in [1.807, 2.05) is 0 Å². The van der Waals surface area contributed by atoms with E-state index in [-0.39, 0.29) is 28.1 Å². The van der Waals surface area contributed by atoms with E-state index in [1.54, 1.807) is 36.4 Å². The molecule has 0 aliphatic rings. The van der Waals surface area contributed by atoms with Crippen LogP contribution in [0.4, 0.5) is 17.6 Å². The third-order valence-electron chi connectivity index (χ3n) is 6.12. The highest BCUT2D eigenvalue weighted by atomic mass is 79.9. The first-order chi connectivity index (χ1) is 20.0. The van der Waals surface area contributed by atoms with Gasteiger partial charge in [-0.1, -0.05) is 63.9 Å². The molecule has 0 fully saturated rings. The molecule has 12 heteroatoms. The van der Waals surface area contributed by atoms with Crippen LogP contribution in [0.3, 0.4) is 0 Å². The van der Waals surface area contributed by atoms with Crippen molar-refractivity contribution in [1.29, 1.82) is 0 Å². The van der Waals surface area contributed by atoms with Gasteiger partial charge in [0.15, 0.2) is 0 Å². The Morgan fingerprint density at radius 3 is 2.50 bits per heavy atom. The maximum Gasteiger partial charge on any atom is 0.416 e. The fourth-order valence-electron chi connectivity index (χ4n) is 4.21. The molecule has 2 N–H and O–H groups in total. The van der Waals surface area contributed by atoms with Gasteiger partial charge in [-0.3, -0.25) is 4.79 Å². The predicted molar refractivity (Wildman–Crippen MR) is 154 cm³/mol. The third kappa shape index (κ3) is 6.07. The van der Waals surface area contributed by atoms with E-state index in [0.29, 0.717) is 32.1 Å². The number of halogens is 6. The molecule has 212 valence electrons. The number of hydrogen-bond donors (Lipinski definition) is 2. The van der Waals surface area contributed by atoms with Crippen molar-refractivity contribution in [3.05, 3.63) is 123 Å². The normalized spacial score (nSPS) is 11.7. The number of nitrogens with one attached hydrogen (secondary N) is 2. The Labute approximate surface area is 249 Å². The lowest BCUT2D eigenvalue weighted by atomic mass is 10.0. The number of para-hydroxylation sites is 1. The minimum absolute atomic E-state index is 0.00536. The number of rotatable bonds is 6. The molecular weight excluding hydrogens is 642 g/mol. The number of carbonyl (C=O) groups excluding carboxylic acids is 2. The number of aromatic amines is 1. The first-order valence-corrected chi connectivity index (χ1v) is 13.3. The summed E-state index contributed by atoms with van der Waals surface area (Å²) in [6.45, 7) is 0. The number of carbonyl (C=O) groups is 2. The van der Waals surface area contributed by atoms with Gasteiger partial charge in [-0.05, 0) is 48.5 Å². The molecule has 0 saturated carbocycles. The van der Waals surface area contributed by atoms with Crippen molar-refractivity contribution < 1.29 is 31.9 Å². The Morgan fingerprint density at radius 2 is 1.74 bits per heavy atom. The number of nitrogens with zero attached hydrogens (tertiary/aromatic N) is 1. The number of fused-ring (bicyclic) bond motifs is 1. The Balaban J connectivity index is 1.42. The number of ether oxygens (including phenoxy) is 1. The van der Waals surface area contributed by atoms with Crippen molar-refractivity contribution in [3.8, 4) is 16.9 Å². The molecule has 1 amide bonds. The van der Waals surface area contributed by atoms with Gasteiger partial charge in [0.05, 0.1) is 22.9 Å². The molecule has 5 rings (SSSR count). The van der Waals surface area contributed by atoms with Crippen LogP contribution in [0.25, 0.3) is 22.0 Å². The topological polar surface area (TPSA) is 83.5 Å². The Hall–Kier alpha value is -4.48. The highest BCUT2D eigenvalue weighted by Gasteiger charge is 2.31. The molecule has 1 aromatic heterocycles. The van der Waals surface area contributed by atoms with Gasteiger partial charge in [-0.25, -0.2) is 14.6 Å². The minimum Gasteiger partial charge on any atom is -0.422 e. The van der Waals surface area contributed by atoms with E-state index in [9.17, 15) is 27.2 Å². The molecule has 1 heterocycles. The van der Waals surface area contributed by atoms with Crippen LogP contribution in [-0.4, -0.2) is 23.1 Å². The van der Waals surface area contributed by atoms with Crippen molar-refractivity contribution in [2.24, 2.45) is 5.10 Å². The van der Waals surface area contributed by atoms with Crippen LogP contribution < -0.4 is 10.2 Å². The molecule has 0 aliphatic carbocycles. The van der Waals surface area contributed by atoms with E-state index < -0.39 is 29.4 Å². The fourth-order valence-corrected chi connectivity index (χ4v) is 4.82. The summed E-state index contributed by atoms with van der Waals surface area (Å²) in [7, 11) is 0. The van der Waals surface area contributed by atoms with Crippen molar-refractivity contribution in [1.82, 2.24) is 10.4 Å². The average molecular weight is 659 g/mol. The Kier molecular flexibility index (Phi) is 8.15. The zero-order valence-corrected chi connectivity index (χ0v) is 23.4. The van der Waals surface area contributed by atoms with Gasteiger partial charge >= 0.3 is 12.1 Å². The third-order valence-corrected chi connectivity index (χ3v) is 6.95. The first kappa shape index (κ1) is 29.0. The summed E-state index contributed by atoms with van der Waals surface area (Å²) in [6.07, 6.45) is -3.44. The van der Waals surface area contributed by atoms with Gasteiger partial charge in [-0.15, -0.1) is 0 Å². The second-order valence-electron chi connectivity index (χ2n) is 8.87. The van der Waals surface area contributed by atoms with Gasteiger partial charge in [0.1, 0.15) is 17.3 Å². The molecule has 0 spiro atoms. The molecule has 6 nitrogen and oxygen atoms in total. The van der Waals surface area contributed by atoms with Crippen molar-refractivity contribution in [3.63, 3.8) is 0 Å². The lowest BCUT2D eigenvalue weighted by molar-refractivity contribution is -0.137. The number of hydrazone groups is 1. The number of esters is 1. The van der Waals surface area contributed by atoms with Gasteiger partial charge in [-0.2, -0.15) is 18.3 Å². The lowest BCUT2D eigenvalue weighted by Crippen LogP contribution is -2.19. The monoisotopic (exact) mass is 657 g/mol. The number of hydrogen-bond acceptors (Lipinski definition) is 4. The fraction of sp³-hybridized carbons (Fsp3) is 0.0333. The summed E-state index contributed by atoms with van der Waals surface area (Å²) in [6, 6.07) is 19.5. The maximum absolute atomic E-state index is 14.6. The Morgan fingerprint density at radius 1 is 0.976 bits per heavy atom. The summed E-state index contributed by atoms with van der Waals surface area (Å²) in [4.78, 5) is 28.7. The first-order valence-electron chi connectivity index (χ1n) is 12.1. The smallest absolute Gasteiger partial charge is 0.416 e. The number of benzene rings is 4. The number of H-pyrrole nitrogens is 1. The molecule has 42 heavy (non-hydrogen) atoms. The van der Waals surface area contributed by atoms with E-state index in [2.05, 4.69) is 31.4 Å².